The summed E-state index contributed by atoms with van der Waals surface area (Å²) in [4.78, 5) is 29.6. The van der Waals surface area contributed by atoms with Gasteiger partial charge < -0.3 is 4.90 Å². The monoisotopic (exact) mass is 432 g/mol. The Balaban J connectivity index is 1.64. The summed E-state index contributed by atoms with van der Waals surface area (Å²) in [5.41, 5.74) is 0.191. The summed E-state index contributed by atoms with van der Waals surface area (Å²) in [5, 5.41) is 0. The number of carbonyl (C=O) groups is 2. The van der Waals surface area contributed by atoms with Crippen molar-refractivity contribution in [2.45, 2.75) is 64.5 Å². The molecule has 0 aromatic heterocycles. The molecule has 4 aliphatic rings. The second-order valence-electron chi connectivity index (χ2n) is 8.58. The van der Waals surface area contributed by atoms with Gasteiger partial charge in [-0.2, -0.15) is 0 Å². The Morgan fingerprint density at radius 3 is 2.22 bits per heavy atom. The number of halogens is 1. The van der Waals surface area contributed by atoms with Crippen molar-refractivity contribution in [3.05, 3.63) is 0 Å². The van der Waals surface area contributed by atoms with Gasteiger partial charge in [-0.15, -0.1) is 0 Å². The van der Waals surface area contributed by atoms with Gasteiger partial charge in [0.2, 0.25) is 5.91 Å². The normalized spacial score (nSPS) is 33.0. The molecule has 1 aliphatic carbocycles. The number of hydrogen-bond acceptors (Lipinski definition) is 3. The van der Waals surface area contributed by atoms with Gasteiger partial charge in [-0.25, -0.2) is 0 Å². The predicted octanol–water partition coefficient (Wildman–Crippen LogP) is 3.09. The highest BCUT2D eigenvalue weighted by Crippen LogP contribution is 2.41. The molecule has 23 heavy (non-hydrogen) atoms. The largest absolute Gasteiger partial charge is 0.338 e. The lowest BCUT2D eigenvalue weighted by Gasteiger charge is -2.50. The molecule has 3 atom stereocenters. The standard InChI is InChI=1S/C18H29IN2O2/c1-18(2,3)20-8-6-13(7-9-20)17(23)21-11-12-4-5-15(21)14(10-12)16(19)22/h12-15H,4-11H2,1-3H3. The molecule has 0 radical (unpaired) electrons. The van der Waals surface area contributed by atoms with Crippen LogP contribution >= 0.6 is 22.6 Å². The first-order valence-corrected chi connectivity index (χ1v) is 10.1. The van der Waals surface area contributed by atoms with Crippen molar-refractivity contribution in [2.75, 3.05) is 19.6 Å². The Kier molecular flexibility index (Phi) is 5.08. The van der Waals surface area contributed by atoms with E-state index in [-0.39, 0.29) is 27.2 Å². The van der Waals surface area contributed by atoms with Crippen LogP contribution in [0.3, 0.4) is 0 Å². The molecule has 0 N–H and O–H groups in total. The van der Waals surface area contributed by atoms with E-state index in [9.17, 15) is 9.59 Å². The molecule has 0 aromatic rings. The van der Waals surface area contributed by atoms with Crippen LogP contribution < -0.4 is 0 Å². The number of piperidine rings is 3. The van der Waals surface area contributed by atoms with Crippen LogP contribution in [-0.2, 0) is 9.59 Å². The van der Waals surface area contributed by atoms with Crippen molar-refractivity contribution >= 4 is 32.3 Å². The SMILES string of the molecule is CC(C)(C)N1CCC(C(=O)N2CC3CCC2C(C(=O)I)C3)CC1. The molecule has 0 aromatic carbocycles. The third-order valence-electron chi connectivity index (χ3n) is 6.15. The highest BCUT2D eigenvalue weighted by molar-refractivity contribution is 14.1. The van der Waals surface area contributed by atoms with Crippen LogP contribution in [0, 0.1) is 17.8 Å². The lowest BCUT2D eigenvalue weighted by atomic mass is 9.72. The van der Waals surface area contributed by atoms with Crippen LogP contribution in [-0.4, -0.2) is 50.7 Å². The third-order valence-corrected chi connectivity index (χ3v) is 6.95. The van der Waals surface area contributed by atoms with E-state index < -0.39 is 0 Å². The van der Waals surface area contributed by atoms with Crippen molar-refractivity contribution in [1.82, 2.24) is 9.80 Å². The minimum atomic E-state index is 0.0849. The molecule has 2 bridgehead atoms. The molecule has 4 rings (SSSR count). The zero-order valence-corrected chi connectivity index (χ0v) is 16.7. The fourth-order valence-corrected chi connectivity index (χ4v) is 5.39. The van der Waals surface area contributed by atoms with Gasteiger partial charge in [0.05, 0.1) is 0 Å². The number of amides is 1. The van der Waals surface area contributed by atoms with Crippen LogP contribution in [0.25, 0.3) is 0 Å². The third kappa shape index (κ3) is 3.60. The minimum Gasteiger partial charge on any atom is -0.338 e. The number of nitrogens with zero attached hydrogens (tertiary/aromatic N) is 2. The summed E-state index contributed by atoms with van der Waals surface area (Å²) in [6.45, 7) is 9.65. The lowest BCUT2D eigenvalue weighted by Crippen LogP contribution is -2.58. The van der Waals surface area contributed by atoms with E-state index in [4.69, 9.17) is 0 Å². The molecule has 3 aliphatic heterocycles. The first kappa shape index (κ1) is 17.6. The van der Waals surface area contributed by atoms with E-state index in [1.165, 1.54) is 6.42 Å². The molecule has 1 amide bonds. The molecule has 4 fully saturated rings. The number of likely N-dealkylation sites (tertiary alicyclic amines) is 1. The van der Waals surface area contributed by atoms with Crippen LogP contribution in [0.4, 0.5) is 0 Å². The van der Waals surface area contributed by atoms with Crippen LogP contribution in [0.15, 0.2) is 0 Å². The first-order valence-electron chi connectivity index (χ1n) is 9.02. The smallest absolute Gasteiger partial charge is 0.226 e. The summed E-state index contributed by atoms with van der Waals surface area (Å²) >= 11 is 1.94. The van der Waals surface area contributed by atoms with Gasteiger partial charge in [0.25, 0.3) is 0 Å². The molecule has 1 saturated carbocycles. The number of rotatable bonds is 2. The average Bonchev–Trinajstić information content (AvgIpc) is 2.53. The maximum Gasteiger partial charge on any atom is 0.226 e. The van der Waals surface area contributed by atoms with Crippen molar-refractivity contribution in [1.29, 1.82) is 0 Å². The van der Waals surface area contributed by atoms with Gasteiger partial charge in [0, 0.05) is 30.0 Å². The Labute approximate surface area is 153 Å². The van der Waals surface area contributed by atoms with Crippen molar-refractivity contribution in [3.63, 3.8) is 0 Å². The molecular weight excluding hydrogens is 403 g/mol. The Morgan fingerprint density at radius 2 is 1.70 bits per heavy atom. The number of hydrogen-bond donors (Lipinski definition) is 0. The summed E-state index contributed by atoms with van der Waals surface area (Å²) in [7, 11) is 0. The maximum absolute atomic E-state index is 13.1. The second kappa shape index (κ2) is 6.62. The highest BCUT2D eigenvalue weighted by Gasteiger charge is 2.46. The fourth-order valence-electron chi connectivity index (χ4n) is 4.72. The molecule has 5 heteroatoms. The quantitative estimate of drug-likeness (QED) is 0.498. The maximum atomic E-state index is 13.1. The van der Waals surface area contributed by atoms with E-state index in [2.05, 4.69) is 30.6 Å². The Hall–Kier alpha value is -0.170. The second-order valence-corrected chi connectivity index (χ2v) is 9.64. The lowest BCUT2D eigenvalue weighted by molar-refractivity contribution is -0.149. The molecule has 0 spiro atoms. The number of fused-ring (bicyclic) bond motifs is 3. The van der Waals surface area contributed by atoms with Gasteiger partial charge in [0.1, 0.15) is 0 Å². The van der Waals surface area contributed by atoms with E-state index in [0.29, 0.717) is 11.8 Å². The van der Waals surface area contributed by atoms with Gasteiger partial charge in [-0.05, 0) is 94.5 Å². The van der Waals surface area contributed by atoms with Crippen LogP contribution in [0.5, 0.6) is 0 Å². The molecule has 130 valence electrons. The molecular formula is C18H29IN2O2. The van der Waals surface area contributed by atoms with Gasteiger partial charge in [-0.1, -0.05) is 0 Å². The van der Waals surface area contributed by atoms with Crippen molar-refractivity contribution < 1.29 is 9.59 Å². The topological polar surface area (TPSA) is 40.6 Å². The Bertz CT molecular complexity index is 480. The summed E-state index contributed by atoms with van der Waals surface area (Å²) in [6.07, 6.45) is 5.15. The fraction of sp³-hybridized carbons (Fsp3) is 0.889. The zero-order valence-electron chi connectivity index (χ0n) is 14.6. The van der Waals surface area contributed by atoms with Gasteiger partial charge in [0.15, 0.2) is 3.79 Å². The minimum absolute atomic E-state index is 0.0849. The summed E-state index contributed by atoms with van der Waals surface area (Å²) in [5.74, 6) is 1.12. The van der Waals surface area contributed by atoms with E-state index in [0.717, 1.165) is 45.3 Å². The predicted molar refractivity (Wildman–Crippen MR) is 99.4 cm³/mol. The van der Waals surface area contributed by atoms with E-state index >= 15 is 0 Å². The highest BCUT2D eigenvalue weighted by atomic mass is 127. The molecule has 3 unspecified atom stereocenters. The van der Waals surface area contributed by atoms with E-state index in [1.54, 1.807) is 0 Å². The van der Waals surface area contributed by atoms with Crippen LogP contribution in [0.2, 0.25) is 0 Å². The first-order chi connectivity index (χ1) is 10.8. The average molecular weight is 432 g/mol. The van der Waals surface area contributed by atoms with Gasteiger partial charge >= 0.3 is 0 Å². The van der Waals surface area contributed by atoms with Crippen LogP contribution in [0.1, 0.15) is 52.9 Å². The molecule has 4 nitrogen and oxygen atoms in total. The molecule has 3 saturated heterocycles. The summed E-state index contributed by atoms with van der Waals surface area (Å²) < 4.78 is 0.248. The zero-order chi connectivity index (χ0) is 16.8. The summed E-state index contributed by atoms with van der Waals surface area (Å²) in [6, 6.07) is 0.178. The van der Waals surface area contributed by atoms with Crippen molar-refractivity contribution in [2.24, 2.45) is 17.8 Å². The molecule has 3 heterocycles. The Morgan fingerprint density at radius 1 is 1.04 bits per heavy atom. The number of carbonyl (C=O) groups excluding carboxylic acids is 2. The van der Waals surface area contributed by atoms with E-state index in [1.807, 2.05) is 22.6 Å². The van der Waals surface area contributed by atoms with Crippen molar-refractivity contribution in [3.8, 4) is 0 Å². The van der Waals surface area contributed by atoms with Gasteiger partial charge in [-0.3, -0.25) is 14.5 Å².